The van der Waals surface area contributed by atoms with Crippen LogP contribution in [0.25, 0.3) is 0 Å². The lowest BCUT2D eigenvalue weighted by Gasteiger charge is -2.49. The highest BCUT2D eigenvalue weighted by Crippen LogP contribution is 2.30. The smallest absolute Gasteiger partial charge is 0.227 e. The van der Waals surface area contributed by atoms with Crippen molar-refractivity contribution in [1.29, 1.82) is 10.5 Å². The zero-order chi connectivity index (χ0) is 39.9. The molecule has 0 N–H and O–H groups in total. The van der Waals surface area contributed by atoms with Crippen LogP contribution in [-0.4, -0.2) is 92.4 Å². The number of rotatable bonds is 11. The topological polar surface area (TPSA) is 146 Å². The predicted octanol–water partition coefficient (Wildman–Crippen LogP) is 6.03. The molecule has 6 rings (SSSR count). The summed E-state index contributed by atoms with van der Waals surface area (Å²) in [7, 11) is 0. The van der Waals surface area contributed by atoms with Crippen LogP contribution in [0.15, 0.2) is 72.8 Å². The molecule has 0 aliphatic carbocycles. The van der Waals surface area contributed by atoms with Crippen LogP contribution in [0.2, 0.25) is 0 Å². The summed E-state index contributed by atoms with van der Waals surface area (Å²) >= 11 is 0. The van der Waals surface area contributed by atoms with Gasteiger partial charge in [-0.15, -0.1) is 20.4 Å². The third-order valence-electron chi connectivity index (χ3n) is 11.2. The summed E-state index contributed by atoms with van der Waals surface area (Å²) in [6, 6.07) is 27.1. The number of aromatic nitrogens is 4. The van der Waals surface area contributed by atoms with Gasteiger partial charge in [0.1, 0.15) is 12.1 Å². The highest BCUT2D eigenvalue weighted by atomic mass is 16.2. The first-order valence-electron chi connectivity index (χ1n) is 19.7. The molecule has 2 amide bonds. The lowest BCUT2D eigenvalue weighted by Crippen LogP contribution is -2.62. The van der Waals surface area contributed by atoms with Gasteiger partial charge in [0.15, 0.2) is 23.0 Å². The van der Waals surface area contributed by atoms with Crippen molar-refractivity contribution in [2.45, 2.75) is 103 Å². The van der Waals surface area contributed by atoms with E-state index >= 15 is 0 Å². The van der Waals surface area contributed by atoms with Gasteiger partial charge in [-0.3, -0.25) is 9.59 Å². The van der Waals surface area contributed by atoms with Crippen LogP contribution in [0.5, 0.6) is 0 Å². The average molecular weight is 753 g/mol. The summed E-state index contributed by atoms with van der Waals surface area (Å²) < 4.78 is 0. The van der Waals surface area contributed by atoms with Crippen LogP contribution >= 0.6 is 0 Å². The van der Waals surface area contributed by atoms with Gasteiger partial charge in [0.25, 0.3) is 0 Å². The Morgan fingerprint density at radius 3 is 1.27 bits per heavy atom. The molecule has 2 fully saturated rings. The number of hydrogen-bond donors (Lipinski definition) is 0. The fourth-order valence-electron chi connectivity index (χ4n) is 8.17. The van der Waals surface area contributed by atoms with Crippen molar-refractivity contribution in [2.75, 3.05) is 36.0 Å². The number of piperazine rings is 2. The number of nitriles is 2. The molecule has 2 aromatic heterocycles. The Bertz CT molecular complexity index is 1890. The Hall–Kier alpha value is -5.88. The second-order valence-electron chi connectivity index (χ2n) is 15.9. The largest absolute Gasteiger partial charge is 0.351 e. The van der Waals surface area contributed by atoms with E-state index in [1.54, 1.807) is 12.1 Å². The molecule has 2 saturated heterocycles. The number of carbonyl (C=O) groups is 2. The lowest BCUT2D eigenvalue weighted by molar-refractivity contribution is -0.138. The SMILES string of the molecule is CC(C)c1ccc(CC(=O)N2[C@H](CC[C@@H]3CN(c4ccc(C#N)nn4)C[C@H](C)N3C(=O)Cc3ccc(C(C)C)cc3)CN(c3ccc(C#N)nn3)C[C@@H]2C)cc1. The van der Waals surface area contributed by atoms with Gasteiger partial charge in [-0.05, 0) is 85.0 Å². The van der Waals surface area contributed by atoms with E-state index in [1.165, 1.54) is 11.1 Å². The first-order chi connectivity index (χ1) is 26.9. The third-order valence-corrected chi connectivity index (χ3v) is 11.2. The Kier molecular flexibility index (Phi) is 12.6. The van der Waals surface area contributed by atoms with Crippen molar-refractivity contribution < 1.29 is 9.59 Å². The van der Waals surface area contributed by atoms with E-state index in [0.29, 0.717) is 75.3 Å². The van der Waals surface area contributed by atoms with Gasteiger partial charge in [0.2, 0.25) is 11.8 Å². The highest BCUT2D eigenvalue weighted by Gasteiger charge is 2.40. The number of anilines is 2. The number of carbonyl (C=O) groups excluding carboxylic acids is 2. The molecule has 0 radical (unpaired) electrons. The van der Waals surface area contributed by atoms with Crippen LogP contribution in [0.1, 0.15) is 99.9 Å². The van der Waals surface area contributed by atoms with Gasteiger partial charge in [-0.25, -0.2) is 0 Å². The van der Waals surface area contributed by atoms with Crippen LogP contribution < -0.4 is 9.80 Å². The zero-order valence-electron chi connectivity index (χ0n) is 33.3. The molecule has 4 atom stereocenters. The average Bonchev–Trinajstić information content (AvgIpc) is 3.20. The number of amides is 2. The summed E-state index contributed by atoms with van der Waals surface area (Å²) in [6.45, 7) is 15.0. The maximum atomic E-state index is 14.3. The van der Waals surface area contributed by atoms with Crippen molar-refractivity contribution in [2.24, 2.45) is 0 Å². The molecular weight excluding hydrogens is 701 g/mol. The van der Waals surface area contributed by atoms with E-state index < -0.39 is 0 Å². The first-order valence-corrected chi connectivity index (χ1v) is 19.7. The van der Waals surface area contributed by atoms with E-state index in [0.717, 1.165) is 11.1 Å². The van der Waals surface area contributed by atoms with Crippen LogP contribution in [0.3, 0.4) is 0 Å². The summed E-state index contributed by atoms with van der Waals surface area (Å²) in [5, 5.41) is 35.6. The summed E-state index contributed by atoms with van der Waals surface area (Å²) in [6.07, 6.45) is 1.86. The molecule has 290 valence electrons. The van der Waals surface area contributed by atoms with Gasteiger partial charge < -0.3 is 19.6 Å². The van der Waals surface area contributed by atoms with Crippen LogP contribution in [0, 0.1) is 22.7 Å². The van der Waals surface area contributed by atoms with Crippen molar-refractivity contribution in [3.05, 3.63) is 106 Å². The summed E-state index contributed by atoms with van der Waals surface area (Å²) in [5.41, 5.74) is 4.92. The number of nitrogens with zero attached hydrogens (tertiary/aromatic N) is 10. The molecule has 2 aromatic carbocycles. The van der Waals surface area contributed by atoms with Gasteiger partial charge in [0, 0.05) is 50.3 Å². The molecule has 0 spiro atoms. The van der Waals surface area contributed by atoms with E-state index in [9.17, 15) is 20.1 Å². The highest BCUT2D eigenvalue weighted by molar-refractivity contribution is 5.80. The fourth-order valence-corrected chi connectivity index (χ4v) is 8.17. The van der Waals surface area contributed by atoms with Crippen molar-refractivity contribution in [3.8, 4) is 12.1 Å². The molecule has 0 unspecified atom stereocenters. The predicted molar refractivity (Wildman–Crippen MR) is 216 cm³/mol. The standard InChI is InChI=1S/C44H52N10O2/c1-29(2)35-11-7-33(8-12-35)21-43(55)53-31(5)25-51(41-19-15-37(23-45)47-49-41)27-39(53)17-18-40-28-52(42-20-16-38(24-46)48-50-42)26-32(6)54(40)44(56)22-34-9-13-36(14-10-34)30(3)4/h7-16,19-20,29-32,39-40H,17-18,21-22,25-28H2,1-6H3/t31-,32-,39+,40+/m0/s1. The molecule has 12 heteroatoms. The minimum atomic E-state index is -0.181. The minimum Gasteiger partial charge on any atom is -0.351 e. The normalized spacial score (nSPS) is 19.9. The molecule has 4 heterocycles. The number of benzene rings is 2. The molecule has 56 heavy (non-hydrogen) atoms. The monoisotopic (exact) mass is 752 g/mol. The molecule has 12 nitrogen and oxygen atoms in total. The molecule has 4 aromatic rings. The quantitative estimate of drug-likeness (QED) is 0.178. The van der Waals surface area contributed by atoms with Crippen molar-refractivity contribution in [3.63, 3.8) is 0 Å². The lowest BCUT2D eigenvalue weighted by atomic mass is 9.94. The Morgan fingerprint density at radius 1 is 0.589 bits per heavy atom. The fraction of sp³-hybridized carbons (Fsp3) is 0.455. The Balaban J connectivity index is 1.27. The molecule has 2 aliphatic heterocycles. The zero-order valence-corrected chi connectivity index (χ0v) is 33.3. The van der Waals surface area contributed by atoms with E-state index in [4.69, 9.17) is 0 Å². The first kappa shape index (κ1) is 39.8. The minimum absolute atomic E-state index is 0.0645. The summed E-state index contributed by atoms with van der Waals surface area (Å²) in [4.78, 5) is 37.0. The third kappa shape index (κ3) is 9.31. The maximum Gasteiger partial charge on any atom is 0.227 e. The van der Waals surface area contributed by atoms with Crippen molar-refractivity contribution >= 4 is 23.5 Å². The van der Waals surface area contributed by atoms with Crippen LogP contribution in [-0.2, 0) is 22.4 Å². The summed E-state index contributed by atoms with van der Waals surface area (Å²) in [5.74, 6) is 2.26. The molecule has 0 saturated carbocycles. The second-order valence-corrected chi connectivity index (χ2v) is 15.9. The van der Waals surface area contributed by atoms with E-state index in [-0.39, 0.29) is 47.4 Å². The van der Waals surface area contributed by atoms with Gasteiger partial charge in [-0.1, -0.05) is 76.2 Å². The molecule has 2 aliphatic rings. The molecule has 0 bridgehead atoms. The Labute approximate surface area is 330 Å². The van der Waals surface area contributed by atoms with Crippen molar-refractivity contribution in [1.82, 2.24) is 30.2 Å². The molecular formula is C44H52N10O2. The van der Waals surface area contributed by atoms with Gasteiger partial charge in [0.05, 0.1) is 12.8 Å². The number of hydrogen-bond acceptors (Lipinski definition) is 10. The van der Waals surface area contributed by atoms with Crippen LogP contribution in [0.4, 0.5) is 11.6 Å². The van der Waals surface area contributed by atoms with E-state index in [2.05, 4.69) is 120 Å². The van der Waals surface area contributed by atoms with Gasteiger partial charge >= 0.3 is 0 Å². The Morgan fingerprint density at radius 2 is 0.964 bits per heavy atom. The second kappa shape index (κ2) is 17.7. The van der Waals surface area contributed by atoms with E-state index in [1.807, 2.05) is 34.1 Å². The maximum absolute atomic E-state index is 14.3. The van der Waals surface area contributed by atoms with Gasteiger partial charge in [-0.2, -0.15) is 10.5 Å².